The molecule has 31 heavy (non-hydrogen) atoms. The molecular formula is C24H18F2N4S. The van der Waals surface area contributed by atoms with Crippen molar-refractivity contribution in [3.8, 4) is 5.69 Å². The Labute approximate surface area is 183 Å². The summed E-state index contributed by atoms with van der Waals surface area (Å²) in [5, 5.41) is 3.74. The standard InChI is InChI=1S/C24H18F2N4S/c25-16-10-12-17(13-11-16)29-15-5-9-21(29)23-22(19-7-3-4-14-27-19)28-24(31)30(23)20-8-2-1-6-18(20)26/h1-15,22-23H,(H,28,31)/t22-,23+/m0/s1. The van der Waals surface area contributed by atoms with Gasteiger partial charge in [0.25, 0.3) is 0 Å². The fourth-order valence-corrected chi connectivity index (χ4v) is 4.37. The number of pyridine rings is 1. The first-order valence-corrected chi connectivity index (χ1v) is 10.2. The lowest BCUT2D eigenvalue weighted by molar-refractivity contribution is 0.541. The predicted octanol–water partition coefficient (Wildman–Crippen LogP) is 5.33. The zero-order valence-electron chi connectivity index (χ0n) is 16.3. The van der Waals surface area contributed by atoms with Crippen molar-refractivity contribution in [3.05, 3.63) is 114 Å². The summed E-state index contributed by atoms with van der Waals surface area (Å²) in [6, 6.07) is 21.7. The number of halogens is 2. The van der Waals surface area contributed by atoms with Gasteiger partial charge in [0.2, 0.25) is 0 Å². The zero-order valence-corrected chi connectivity index (χ0v) is 17.1. The van der Waals surface area contributed by atoms with E-state index < -0.39 is 0 Å². The summed E-state index contributed by atoms with van der Waals surface area (Å²) < 4.78 is 30.3. The van der Waals surface area contributed by atoms with E-state index >= 15 is 0 Å². The molecule has 1 N–H and O–H groups in total. The topological polar surface area (TPSA) is 33.1 Å². The molecule has 7 heteroatoms. The van der Waals surface area contributed by atoms with Gasteiger partial charge in [0.05, 0.1) is 17.4 Å². The SMILES string of the molecule is Fc1ccc(-n2cccc2[C@@H]2[C@H](c3ccccn3)NC(=S)N2c2ccccc2F)cc1. The van der Waals surface area contributed by atoms with Crippen LogP contribution >= 0.6 is 12.2 Å². The summed E-state index contributed by atoms with van der Waals surface area (Å²) in [7, 11) is 0. The van der Waals surface area contributed by atoms with Crippen LogP contribution in [0.3, 0.4) is 0 Å². The number of aromatic nitrogens is 2. The molecule has 0 aliphatic carbocycles. The minimum absolute atomic E-state index is 0.303. The van der Waals surface area contributed by atoms with E-state index in [1.54, 1.807) is 41.4 Å². The second-order valence-corrected chi connectivity index (χ2v) is 7.61. The second-order valence-electron chi connectivity index (χ2n) is 7.23. The lowest BCUT2D eigenvalue weighted by Crippen LogP contribution is -2.31. The smallest absolute Gasteiger partial charge is 0.174 e. The highest BCUT2D eigenvalue weighted by atomic mass is 32.1. The molecule has 2 aromatic carbocycles. The monoisotopic (exact) mass is 432 g/mol. The summed E-state index contributed by atoms with van der Waals surface area (Å²) in [5.74, 6) is -0.668. The van der Waals surface area contributed by atoms with Gasteiger partial charge in [-0.1, -0.05) is 18.2 Å². The van der Waals surface area contributed by atoms with Gasteiger partial charge >= 0.3 is 0 Å². The van der Waals surface area contributed by atoms with Crippen LogP contribution < -0.4 is 10.2 Å². The highest BCUT2D eigenvalue weighted by Crippen LogP contribution is 2.42. The summed E-state index contributed by atoms with van der Waals surface area (Å²) in [6.45, 7) is 0. The molecule has 4 aromatic rings. The summed E-state index contributed by atoms with van der Waals surface area (Å²) in [4.78, 5) is 6.31. The van der Waals surface area contributed by atoms with Crippen LogP contribution in [0.15, 0.2) is 91.3 Å². The third kappa shape index (κ3) is 3.47. The predicted molar refractivity (Wildman–Crippen MR) is 120 cm³/mol. The first-order chi connectivity index (χ1) is 15.1. The first-order valence-electron chi connectivity index (χ1n) is 9.82. The molecule has 0 spiro atoms. The Hall–Kier alpha value is -3.58. The minimum Gasteiger partial charge on any atom is -0.351 e. The molecule has 1 saturated heterocycles. The van der Waals surface area contributed by atoms with Crippen LogP contribution in [0, 0.1) is 11.6 Å². The van der Waals surface area contributed by atoms with Gasteiger partial charge in [0, 0.05) is 23.8 Å². The molecule has 2 atom stereocenters. The molecule has 2 aromatic heterocycles. The van der Waals surface area contributed by atoms with Crippen molar-refractivity contribution in [2.45, 2.75) is 12.1 Å². The molecule has 1 aliphatic rings. The van der Waals surface area contributed by atoms with Crippen LogP contribution in [0.1, 0.15) is 23.5 Å². The van der Waals surface area contributed by atoms with E-state index in [-0.39, 0.29) is 23.7 Å². The van der Waals surface area contributed by atoms with Gasteiger partial charge in [-0.05, 0) is 72.9 Å². The minimum atomic E-state index is -0.376. The van der Waals surface area contributed by atoms with Crippen molar-refractivity contribution in [3.63, 3.8) is 0 Å². The van der Waals surface area contributed by atoms with Gasteiger partial charge < -0.3 is 14.8 Å². The molecule has 0 radical (unpaired) electrons. The summed E-state index contributed by atoms with van der Waals surface area (Å²) >= 11 is 5.65. The number of rotatable bonds is 4. The molecule has 0 unspecified atom stereocenters. The van der Waals surface area contributed by atoms with Crippen molar-refractivity contribution < 1.29 is 8.78 Å². The van der Waals surface area contributed by atoms with Crippen molar-refractivity contribution in [2.75, 3.05) is 4.90 Å². The van der Waals surface area contributed by atoms with Gasteiger partial charge in [0.1, 0.15) is 17.7 Å². The number of hydrogen-bond donors (Lipinski definition) is 1. The molecule has 1 aliphatic heterocycles. The van der Waals surface area contributed by atoms with E-state index in [2.05, 4.69) is 10.3 Å². The van der Waals surface area contributed by atoms with E-state index in [1.165, 1.54) is 18.2 Å². The summed E-state index contributed by atoms with van der Waals surface area (Å²) in [6.07, 6.45) is 3.63. The Morgan fingerprint density at radius 3 is 2.39 bits per heavy atom. The second kappa shape index (κ2) is 7.92. The molecule has 3 heterocycles. The Morgan fingerprint density at radius 2 is 1.65 bits per heavy atom. The zero-order chi connectivity index (χ0) is 21.4. The van der Waals surface area contributed by atoms with Gasteiger partial charge in [-0.15, -0.1) is 0 Å². The van der Waals surface area contributed by atoms with Crippen LogP contribution in [0.5, 0.6) is 0 Å². The van der Waals surface area contributed by atoms with Gasteiger partial charge in [-0.2, -0.15) is 0 Å². The third-order valence-electron chi connectivity index (χ3n) is 5.40. The van der Waals surface area contributed by atoms with Gasteiger partial charge in [-0.3, -0.25) is 4.98 Å². The first kappa shape index (κ1) is 19.4. The maximum absolute atomic E-state index is 14.8. The highest BCUT2D eigenvalue weighted by Gasteiger charge is 2.42. The number of nitrogens with one attached hydrogen (secondary N) is 1. The fraction of sp³-hybridized carbons (Fsp3) is 0.0833. The van der Waals surface area contributed by atoms with E-state index in [1.807, 2.05) is 41.1 Å². The lowest BCUT2D eigenvalue weighted by atomic mass is 10.0. The molecule has 0 amide bonds. The van der Waals surface area contributed by atoms with Crippen molar-refractivity contribution in [1.82, 2.24) is 14.9 Å². The number of hydrogen-bond acceptors (Lipinski definition) is 2. The molecule has 0 bridgehead atoms. The van der Waals surface area contributed by atoms with E-state index in [9.17, 15) is 8.78 Å². The largest absolute Gasteiger partial charge is 0.351 e. The number of benzene rings is 2. The van der Waals surface area contributed by atoms with Crippen molar-refractivity contribution in [1.29, 1.82) is 0 Å². The lowest BCUT2D eigenvalue weighted by Gasteiger charge is -2.29. The van der Waals surface area contributed by atoms with Crippen LogP contribution in [0.25, 0.3) is 5.69 Å². The molecule has 4 nitrogen and oxygen atoms in total. The van der Waals surface area contributed by atoms with E-state index in [4.69, 9.17) is 12.2 Å². The third-order valence-corrected chi connectivity index (χ3v) is 5.71. The van der Waals surface area contributed by atoms with Crippen LogP contribution in [-0.2, 0) is 0 Å². The van der Waals surface area contributed by atoms with Gasteiger partial charge in [0.15, 0.2) is 5.11 Å². The Kier molecular flexibility index (Phi) is 4.95. The number of thiocarbonyl (C=S) groups is 1. The maximum Gasteiger partial charge on any atom is 0.174 e. The quantitative estimate of drug-likeness (QED) is 0.442. The Bertz CT molecular complexity index is 1220. The van der Waals surface area contributed by atoms with Crippen LogP contribution in [0.4, 0.5) is 14.5 Å². The molecule has 1 fully saturated rings. The Morgan fingerprint density at radius 1 is 0.871 bits per heavy atom. The van der Waals surface area contributed by atoms with E-state index in [0.29, 0.717) is 10.8 Å². The maximum atomic E-state index is 14.8. The highest BCUT2D eigenvalue weighted by molar-refractivity contribution is 7.80. The Balaban J connectivity index is 1.68. The van der Waals surface area contributed by atoms with Crippen molar-refractivity contribution >= 4 is 23.0 Å². The van der Waals surface area contributed by atoms with Gasteiger partial charge in [-0.25, -0.2) is 8.78 Å². The van der Waals surface area contributed by atoms with E-state index in [0.717, 1.165) is 17.1 Å². The number of anilines is 1. The average Bonchev–Trinajstić information content (AvgIpc) is 3.40. The van der Waals surface area contributed by atoms with Crippen molar-refractivity contribution in [2.24, 2.45) is 0 Å². The van der Waals surface area contributed by atoms with Crippen LogP contribution in [0.2, 0.25) is 0 Å². The normalized spacial score (nSPS) is 18.3. The number of para-hydroxylation sites is 1. The number of nitrogens with zero attached hydrogens (tertiary/aromatic N) is 3. The summed E-state index contributed by atoms with van der Waals surface area (Å²) in [5.41, 5.74) is 2.85. The molecule has 5 rings (SSSR count). The average molecular weight is 432 g/mol. The molecule has 154 valence electrons. The fourth-order valence-electron chi connectivity index (χ4n) is 4.03. The molecule has 0 saturated carbocycles. The molecular weight excluding hydrogens is 414 g/mol. The van der Waals surface area contributed by atoms with Crippen LogP contribution in [-0.4, -0.2) is 14.7 Å².